The predicted molar refractivity (Wildman–Crippen MR) is 89.4 cm³/mol. The molecule has 3 rings (SSSR count). The van der Waals surface area contributed by atoms with Gasteiger partial charge in [-0.2, -0.15) is 0 Å². The summed E-state index contributed by atoms with van der Waals surface area (Å²) >= 11 is 6.28. The van der Waals surface area contributed by atoms with Crippen molar-refractivity contribution < 1.29 is 4.79 Å². The number of ketones is 1. The van der Waals surface area contributed by atoms with Crippen molar-refractivity contribution in [3.63, 3.8) is 0 Å². The Hall–Kier alpha value is -2.18. The fourth-order valence-corrected chi connectivity index (χ4v) is 2.79. The minimum Gasteiger partial charge on any atom is -0.354 e. The minimum absolute atomic E-state index is 0.0465. The summed E-state index contributed by atoms with van der Waals surface area (Å²) in [6.07, 6.45) is 2.49. The molecule has 1 saturated heterocycles. The van der Waals surface area contributed by atoms with Crippen LogP contribution in [-0.4, -0.2) is 41.9 Å². The summed E-state index contributed by atoms with van der Waals surface area (Å²) in [5.41, 5.74) is 8.29. The molecule has 0 bridgehead atoms. The van der Waals surface area contributed by atoms with Crippen LogP contribution in [-0.2, 0) is 0 Å². The Morgan fingerprint density at radius 3 is 2.96 bits per heavy atom. The summed E-state index contributed by atoms with van der Waals surface area (Å²) in [4.78, 5) is 23.0. The molecule has 3 heterocycles. The Kier molecular flexibility index (Phi) is 4.73. The van der Waals surface area contributed by atoms with Gasteiger partial charge in [-0.25, -0.2) is 9.97 Å². The van der Waals surface area contributed by atoms with Gasteiger partial charge in [0.2, 0.25) is 5.78 Å². The second kappa shape index (κ2) is 6.93. The number of aromatic nitrogens is 2. The largest absolute Gasteiger partial charge is 0.354 e. The van der Waals surface area contributed by atoms with Crippen molar-refractivity contribution in [3.8, 4) is 0 Å². The van der Waals surface area contributed by atoms with E-state index in [0.29, 0.717) is 10.8 Å². The van der Waals surface area contributed by atoms with Crippen LogP contribution in [0.4, 0.5) is 11.6 Å². The Morgan fingerprint density at radius 1 is 1.26 bits per heavy atom. The van der Waals surface area contributed by atoms with Crippen molar-refractivity contribution in [2.75, 3.05) is 31.1 Å². The fraction of sp³-hybridized carbons (Fsp3) is 0.312. The highest BCUT2D eigenvalue weighted by molar-refractivity contribution is 6.33. The Balaban J connectivity index is 1.93. The lowest BCUT2D eigenvalue weighted by molar-refractivity contribution is 0.103. The fourth-order valence-electron chi connectivity index (χ4n) is 2.56. The Morgan fingerprint density at radius 2 is 2.13 bits per heavy atom. The van der Waals surface area contributed by atoms with Gasteiger partial charge < -0.3 is 10.2 Å². The first-order valence-corrected chi connectivity index (χ1v) is 7.88. The third-order valence-electron chi connectivity index (χ3n) is 3.75. The highest BCUT2D eigenvalue weighted by atomic mass is 35.5. The molecule has 0 amide bonds. The van der Waals surface area contributed by atoms with E-state index in [0.717, 1.165) is 32.6 Å². The minimum atomic E-state index is -0.311. The average Bonchev–Trinajstić information content (AvgIpc) is 2.84. The van der Waals surface area contributed by atoms with Crippen molar-refractivity contribution >= 4 is 29.0 Å². The summed E-state index contributed by atoms with van der Waals surface area (Å²) in [6.45, 7) is 3.45. The van der Waals surface area contributed by atoms with Gasteiger partial charge in [0.05, 0.1) is 10.6 Å². The van der Waals surface area contributed by atoms with Crippen LogP contribution in [0.15, 0.2) is 30.5 Å². The smallest absolute Gasteiger partial charge is 0.215 e. The van der Waals surface area contributed by atoms with Crippen molar-refractivity contribution in [1.82, 2.24) is 21.0 Å². The summed E-state index contributed by atoms with van der Waals surface area (Å²) < 4.78 is 0. The van der Waals surface area contributed by atoms with E-state index in [1.165, 1.54) is 6.20 Å². The highest BCUT2D eigenvalue weighted by Crippen LogP contribution is 2.25. The summed E-state index contributed by atoms with van der Waals surface area (Å²) in [5.74, 6) is 0.264. The van der Waals surface area contributed by atoms with Gasteiger partial charge in [0.1, 0.15) is 11.5 Å². The Bertz CT molecular complexity index is 713. The molecular formula is C16H17ClN5O. The third-order valence-corrected chi connectivity index (χ3v) is 4.05. The number of pyridine rings is 2. The molecule has 0 aliphatic carbocycles. The van der Waals surface area contributed by atoms with Crippen LogP contribution < -0.4 is 16.0 Å². The number of nitrogens with one attached hydrogen (secondary N) is 2. The van der Waals surface area contributed by atoms with Gasteiger partial charge in [-0.1, -0.05) is 11.6 Å². The van der Waals surface area contributed by atoms with Gasteiger partial charge in [0.15, 0.2) is 5.82 Å². The molecule has 6 nitrogen and oxygen atoms in total. The van der Waals surface area contributed by atoms with Gasteiger partial charge in [0.25, 0.3) is 0 Å². The number of carbonyl (C=O) groups excluding carboxylic acids is 1. The first-order chi connectivity index (χ1) is 11.2. The molecule has 1 fully saturated rings. The second-order valence-electron chi connectivity index (χ2n) is 5.32. The summed E-state index contributed by atoms with van der Waals surface area (Å²) in [7, 11) is 0. The molecule has 23 heavy (non-hydrogen) atoms. The zero-order valence-corrected chi connectivity index (χ0v) is 13.3. The van der Waals surface area contributed by atoms with E-state index < -0.39 is 0 Å². The number of rotatable bonds is 3. The molecule has 0 spiro atoms. The average molecular weight is 331 g/mol. The van der Waals surface area contributed by atoms with E-state index in [-0.39, 0.29) is 22.9 Å². The molecule has 1 radical (unpaired) electrons. The lowest BCUT2D eigenvalue weighted by Gasteiger charge is -2.22. The molecule has 1 aliphatic heterocycles. The second-order valence-corrected chi connectivity index (χ2v) is 5.73. The predicted octanol–water partition coefficient (Wildman–Crippen LogP) is 2.08. The third kappa shape index (κ3) is 3.43. The van der Waals surface area contributed by atoms with E-state index in [2.05, 4.69) is 20.2 Å². The monoisotopic (exact) mass is 330 g/mol. The normalized spacial score (nSPS) is 15.3. The molecule has 119 valence electrons. The van der Waals surface area contributed by atoms with Crippen LogP contribution in [0.1, 0.15) is 22.5 Å². The number of hydrogen-bond acceptors (Lipinski definition) is 5. The lowest BCUT2D eigenvalue weighted by atomic mass is 10.1. The highest BCUT2D eigenvalue weighted by Gasteiger charge is 2.19. The van der Waals surface area contributed by atoms with Crippen LogP contribution in [0.25, 0.3) is 0 Å². The maximum absolute atomic E-state index is 12.6. The standard InChI is InChI=1S/C16H17ClN5O/c17-12-4-5-13(14(23)11-3-1-7-20-15(11)18)21-16(12)22-9-2-6-19-8-10-22/h1,3-5,7,18-19H,2,6,8-10H2. The molecule has 1 aliphatic rings. The number of anilines is 1. The molecule has 2 N–H and O–H groups in total. The molecule has 2 aromatic heterocycles. The molecule has 2 aromatic rings. The molecule has 0 unspecified atom stereocenters. The molecule has 7 heteroatoms. The molecule has 0 atom stereocenters. The van der Waals surface area contributed by atoms with Crippen molar-refractivity contribution in [1.29, 1.82) is 0 Å². The van der Waals surface area contributed by atoms with Crippen LogP contribution >= 0.6 is 11.6 Å². The maximum Gasteiger partial charge on any atom is 0.215 e. The Labute approximate surface area is 139 Å². The zero-order chi connectivity index (χ0) is 16.2. The van der Waals surface area contributed by atoms with Crippen molar-refractivity contribution in [2.24, 2.45) is 0 Å². The summed E-state index contributed by atoms with van der Waals surface area (Å²) in [5, 5.41) is 3.85. The molecule has 0 aromatic carbocycles. The zero-order valence-electron chi connectivity index (χ0n) is 12.6. The van der Waals surface area contributed by atoms with E-state index in [4.69, 9.17) is 17.3 Å². The SMILES string of the molecule is [NH]c1ncccc1C(=O)c1ccc(Cl)c(N2CCCNCC2)n1. The van der Waals surface area contributed by atoms with Gasteiger partial charge in [-0.05, 0) is 37.2 Å². The van der Waals surface area contributed by atoms with Gasteiger partial charge in [-0.15, -0.1) is 0 Å². The van der Waals surface area contributed by atoms with Gasteiger partial charge in [-0.3, -0.25) is 10.5 Å². The van der Waals surface area contributed by atoms with Crippen LogP contribution in [0.5, 0.6) is 0 Å². The number of hydrogen-bond donors (Lipinski definition) is 1. The van der Waals surface area contributed by atoms with E-state index in [1.54, 1.807) is 24.3 Å². The summed E-state index contributed by atoms with van der Waals surface area (Å²) in [6, 6.07) is 6.51. The lowest BCUT2D eigenvalue weighted by Crippen LogP contribution is -2.29. The topological polar surface area (TPSA) is 81.9 Å². The van der Waals surface area contributed by atoms with Crippen LogP contribution in [0.2, 0.25) is 5.02 Å². The van der Waals surface area contributed by atoms with Gasteiger partial charge >= 0.3 is 0 Å². The van der Waals surface area contributed by atoms with E-state index in [1.807, 2.05) is 0 Å². The van der Waals surface area contributed by atoms with Crippen LogP contribution in [0, 0.1) is 0 Å². The first-order valence-electron chi connectivity index (χ1n) is 7.50. The molecular weight excluding hydrogens is 314 g/mol. The number of nitrogens with zero attached hydrogens (tertiary/aromatic N) is 3. The van der Waals surface area contributed by atoms with Crippen molar-refractivity contribution in [3.05, 3.63) is 46.7 Å². The number of halogens is 1. The van der Waals surface area contributed by atoms with Crippen LogP contribution in [0.3, 0.4) is 0 Å². The maximum atomic E-state index is 12.6. The quantitative estimate of drug-likeness (QED) is 0.871. The van der Waals surface area contributed by atoms with E-state index >= 15 is 0 Å². The van der Waals surface area contributed by atoms with E-state index in [9.17, 15) is 4.79 Å². The number of carbonyl (C=O) groups is 1. The van der Waals surface area contributed by atoms with Crippen molar-refractivity contribution in [2.45, 2.75) is 6.42 Å². The first kappa shape index (κ1) is 15.7. The van der Waals surface area contributed by atoms with Gasteiger partial charge in [0, 0.05) is 25.8 Å². The molecule has 0 saturated carbocycles.